The summed E-state index contributed by atoms with van der Waals surface area (Å²) in [4.78, 5) is 14.8. The maximum absolute atomic E-state index is 12.8. The van der Waals surface area contributed by atoms with Crippen LogP contribution in [0.2, 0.25) is 0 Å². The second kappa shape index (κ2) is 6.61. The number of carbonyl (C=O) groups is 1. The quantitative estimate of drug-likeness (QED) is 0.870. The Hall–Kier alpha value is -1.60. The van der Waals surface area contributed by atoms with E-state index in [4.69, 9.17) is 0 Å². The normalized spacial score (nSPS) is 25.4. The van der Waals surface area contributed by atoms with Gasteiger partial charge in [-0.3, -0.25) is 4.79 Å². The highest BCUT2D eigenvalue weighted by Crippen LogP contribution is 2.48. The molecular weight excluding hydrogens is 338 g/mol. The number of hydrogen-bond donors (Lipinski definition) is 1. The van der Waals surface area contributed by atoms with Crippen LogP contribution in [0, 0.1) is 17.8 Å². The summed E-state index contributed by atoms with van der Waals surface area (Å²) >= 11 is 0. The molecule has 0 heterocycles. The zero-order valence-electron chi connectivity index (χ0n) is 15.3. The van der Waals surface area contributed by atoms with E-state index in [1.54, 1.807) is 18.2 Å². The van der Waals surface area contributed by atoms with Crippen molar-refractivity contribution in [3.63, 3.8) is 0 Å². The van der Waals surface area contributed by atoms with Gasteiger partial charge in [-0.15, -0.1) is 0 Å². The lowest BCUT2D eigenvalue weighted by Crippen LogP contribution is -2.28. The number of nitrogens with zero attached hydrogens (tertiary/aromatic N) is 2. The molecule has 0 radical (unpaired) electrons. The Morgan fingerprint density at radius 2 is 1.84 bits per heavy atom. The number of benzene rings is 1. The number of hydrogen-bond acceptors (Lipinski definition) is 4. The summed E-state index contributed by atoms with van der Waals surface area (Å²) in [5.41, 5.74) is 1.36. The van der Waals surface area contributed by atoms with E-state index in [2.05, 4.69) is 5.32 Å². The van der Waals surface area contributed by atoms with E-state index in [1.165, 1.54) is 24.8 Å². The molecule has 2 fully saturated rings. The van der Waals surface area contributed by atoms with Gasteiger partial charge in [-0.25, -0.2) is 12.7 Å². The molecule has 138 valence electrons. The van der Waals surface area contributed by atoms with E-state index >= 15 is 0 Å². The van der Waals surface area contributed by atoms with E-state index in [1.807, 2.05) is 19.0 Å². The summed E-state index contributed by atoms with van der Waals surface area (Å²) in [7, 11) is 3.22. The number of sulfonamides is 1. The van der Waals surface area contributed by atoms with Crippen molar-refractivity contribution in [2.75, 3.05) is 38.4 Å². The van der Waals surface area contributed by atoms with Crippen LogP contribution in [0.5, 0.6) is 0 Å². The van der Waals surface area contributed by atoms with Crippen molar-refractivity contribution in [1.82, 2.24) is 4.31 Å². The van der Waals surface area contributed by atoms with Crippen molar-refractivity contribution in [3.05, 3.63) is 18.2 Å². The minimum Gasteiger partial charge on any atom is -0.376 e. The second-order valence-corrected chi connectivity index (χ2v) is 9.78. The monoisotopic (exact) mass is 365 g/mol. The molecule has 1 aromatic rings. The van der Waals surface area contributed by atoms with Crippen LogP contribution < -0.4 is 10.2 Å². The summed E-state index contributed by atoms with van der Waals surface area (Å²) < 4.78 is 26.0. The molecule has 1 aromatic carbocycles. The standard InChI is InChI=1S/C18H27N3O3S/c1-20(2)17-8-7-14(25(23,24)21(3)4)11-16(17)19-18(22)15-10-12-5-6-13(15)9-12/h7-8,11-13,15H,5-6,9-10H2,1-4H3,(H,19,22). The van der Waals surface area contributed by atoms with Crippen LogP contribution in [-0.2, 0) is 14.8 Å². The van der Waals surface area contributed by atoms with Crippen LogP contribution in [-0.4, -0.2) is 46.8 Å². The maximum atomic E-state index is 12.8. The first-order chi connectivity index (χ1) is 11.7. The van der Waals surface area contributed by atoms with E-state index in [-0.39, 0.29) is 16.7 Å². The highest BCUT2D eigenvalue weighted by atomic mass is 32.2. The van der Waals surface area contributed by atoms with Gasteiger partial charge < -0.3 is 10.2 Å². The summed E-state index contributed by atoms with van der Waals surface area (Å²) in [6.45, 7) is 0. The van der Waals surface area contributed by atoms with Gasteiger partial charge in [-0.05, 0) is 49.3 Å². The summed E-state index contributed by atoms with van der Waals surface area (Å²) in [6.07, 6.45) is 4.50. The average molecular weight is 365 g/mol. The topological polar surface area (TPSA) is 69.7 Å². The zero-order valence-corrected chi connectivity index (χ0v) is 16.1. The molecular formula is C18H27N3O3S. The fraction of sp³-hybridized carbons (Fsp3) is 0.611. The van der Waals surface area contributed by atoms with E-state index in [9.17, 15) is 13.2 Å². The zero-order chi connectivity index (χ0) is 18.4. The number of fused-ring (bicyclic) bond motifs is 2. The van der Waals surface area contributed by atoms with E-state index < -0.39 is 10.0 Å². The lowest BCUT2D eigenvalue weighted by atomic mass is 9.88. The SMILES string of the molecule is CN(C)c1ccc(S(=O)(=O)N(C)C)cc1NC(=O)C1CC2CCC1C2. The third-order valence-corrected chi connectivity index (χ3v) is 7.37. The molecule has 2 bridgehead atoms. The minimum atomic E-state index is -3.54. The van der Waals surface area contributed by atoms with Gasteiger partial charge in [0.1, 0.15) is 0 Å². The molecule has 0 aromatic heterocycles. The molecule has 2 aliphatic rings. The Labute approximate surface area is 150 Å². The van der Waals surface area contributed by atoms with Crippen molar-refractivity contribution in [1.29, 1.82) is 0 Å². The number of anilines is 2. The molecule has 0 spiro atoms. The van der Waals surface area contributed by atoms with Gasteiger partial charge in [0.25, 0.3) is 0 Å². The van der Waals surface area contributed by atoms with Crippen LogP contribution in [0.25, 0.3) is 0 Å². The van der Waals surface area contributed by atoms with Crippen molar-refractivity contribution >= 4 is 27.3 Å². The average Bonchev–Trinajstić information content (AvgIpc) is 3.17. The second-order valence-electron chi connectivity index (χ2n) is 7.63. The van der Waals surface area contributed by atoms with Crippen molar-refractivity contribution in [2.45, 2.75) is 30.6 Å². The fourth-order valence-corrected chi connectivity index (χ4v) is 5.10. The van der Waals surface area contributed by atoms with Crippen LogP contribution >= 0.6 is 0 Å². The number of carbonyl (C=O) groups excluding carboxylic acids is 1. The molecule has 3 unspecified atom stereocenters. The first kappa shape index (κ1) is 18.2. The van der Waals surface area contributed by atoms with Gasteiger partial charge in [-0.1, -0.05) is 6.42 Å². The molecule has 0 saturated heterocycles. The fourth-order valence-electron chi connectivity index (χ4n) is 4.17. The minimum absolute atomic E-state index is 0.0229. The third kappa shape index (κ3) is 3.40. The summed E-state index contributed by atoms with van der Waals surface area (Å²) in [5, 5.41) is 3.01. The van der Waals surface area contributed by atoms with Crippen LogP contribution in [0.1, 0.15) is 25.7 Å². The molecule has 25 heavy (non-hydrogen) atoms. The number of rotatable bonds is 5. The predicted octanol–water partition coefficient (Wildman–Crippen LogP) is 2.38. The molecule has 3 rings (SSSR count). The lowest BCUT2D eigenvalue weighted by molar-refractivity contribution is -0.121. The molecule has 1 amide bonds. The Balaban J connectivity index is 1.89. The molecule has 7 heteroatoms. The van der Waals surface area contributed by atoms with Crippen LogP contribution in [0.4, 0.5) is 11.4 Å². The van der Waals surface area contributed by atoms with Gasteiger partial charge >= 0.3 is 0 Å². The first-order valence-corrected chi connectivity index (χ1v) is 10.2. The highest BCUT2D eigenvalue weighted by Gasteiger charge is 2.43. The molecule has 2 aliphatic carbocycles. The molecule has 0 aliphatic heterocycles. The highest BCUT2D eigenvalue weighted by molar-refractivity contribution is 7.89. The first-order valence-electron chi connectivity index (χ1n) is 8.75. The third-order valence-electron chi connectivity index (χ3n) is 5.56. The largest absolute Gasteiger partial charge is 0.376 e. The van der Waals surface area contributed by atoms with Crippen LogP contribution in [0.3, 0.4) is 0 Å². The van der Waals surface area contributed by atoms with Gasteiger partial charge in [0.05, 0.1) is 16.3 Å². The Kier molecular flexibility index (Phi) is 4.81. The summed E-state index contributed by atoms with van der Waals surface area (Å²) in [6, 6.07) is 4.89. The molecule has 1 N–H and O–H groups in total. The van der Waals surface area contributed by atoms with Gasteiger partial charge in [0.2, 0.25) is 15.9 Å². The number of amides is 1. The number of nitrogens with one attached hydrogen (secondary N) is 1. The van der Waals surface area contributed by atoms with Crippen molar-refractivity contribution in [3.8, 4) is 0 Å². The van der Waals surface area contributed by atoms with Gasteiger partial charge in [-0.2, -0.15) is 0 Å². The van der Waals surface area contributed by atoms with Crippen molar-refractivity contribution < 1.29 is 13.2 Å². The van der Waals surface area contributed by atoms with E-state index in [0.29, 0.717) is 17.5 Å². The van der Waals surface area contributed by atoms with Crippen LogP contribution in [0.15, 0.2) is 23.1 Å². The Morgan fingerprint density at radius 3 is 2.36 bits per heavy atom. The lowest BCUT2D eigenvalue weighted by Gasteiger charge is -2.24. The van der Waals surface area contributed by atoms with E-state index in [0.717, 1.165) is 24.9 Å². The molecule has 2 saturated carbocycles. The Morgan fingerprint density at radius 1 is 1.12 bits per heavy atom. The molecule has 6 nitrogen and oxygen atoms in total. The predicted molar refractivity (Wildman–Crippen MR) is 99.2 cm³/mol. The maximum Gasteiger partial charge on any atom is 0.242 e. The molecule has 3 atom stereocenters. The van der Waals surface area contributed by atoms with Gasteiger partial charge in [0, 0.05) is 34.1 Å². The van der Waals surface area contributed by atoms with Crippen molar-refractivity contribution in [2.24, 2.45) is 17.8 Å². The Bertz CT molecular complexity index is 774. The summed E-state index contributed by atoms with van der Waals surface area (Å²) in [5.74, 6) is 1.26. The van der Waals surface area contributed by atoms with Gasteiger partial charge in [0.15, 0.2) is 0 Å². The smallest absolute Gasteiger partial charge is 0.242 e.